The van der Waals surface area contributed by atoms with Crippen LogP contribution >= 0.6 is 0 Å². The molecule has 0 bridgehead atoms. The quantitative estimate of drug-likeness (QED) is 0.110. The largest absolute Gasteiger partial charge is 0.431 e. The first-order valence-electron chi connectivity index (χ1n) is 22.6. The van der Waals surface area contributed by atoms with E-state index in [1.54, 1.807) is 6.26 Å². The van der Waals surface area contributed by atoms with Crippen LogP contribution in [0.3, 0.4) is 0 Å². The van der Waals surface area contributed by atoms with E-state index < -0.39 is 83.4 Å². The number of aliphatic hydroxyl groups excluding tert-OH is 3. The van der Waals surface area contributed by atoms with Gasteiger partial charge in [0, 0.05) is 42.0 Å². The molecule has 4 aliphatic carbocycles. The Balaban J connectivity index is 0.947. The normalized spacial score (nSPS) is 36.6. The number of hydrogen-bond donors (Lipinski definition) is 6. The van der Waals surface area contributed by atoms with Crippen LogP contribution in [0, 0.1) is 33.5 Å². The van der Waals surface area contributed by atoms with E-state index in [1.807, 2.05) is 33.8 Å². The van der Waals surface area contributed by atoms with Crippen molar-refractivity contribution in [3.05, 3.63) is 58.2 Å². The standard InChI is InChI=1S/C47H67N3O13/c1-43(2,25-60-26-44(3,4)24-48-35(53)21-50-36(54)10-11-37(50)55)20-34(52)49-39-41(58)40(57)33(22-51)63-42(39)62-29-13-16-45(5)28(19-29)8-9-32-31(45)14-17-46(6)30(15-18-47(32,46)59)27-7-12-38(56)61-23-27/h7,10-12,19,23,29-33,39-42,51,57-59H,8-9,13-18,20-22,24-26H2,1-6H3,(H,48,53)(H,49,52)/t29-,30+,31?,32?,33?,39?,40+,41?,42+,45-,46+,47-/m0/s1. The molecule has 3 heterocycles. The van der Waals surface area contributed by atoms with Gasteiger partial charge in [0.25, 0.3) is 11.8 Å². The van der Waals surface area contributed by atoms with Gasteiger partial charge in [0.1, 0.15) is 30.9 Å². The number of amides is 4. The zero-order valence-corrected chi connectivity index (χ0v) is 37.5. The summed E-state index contributed by atoms with van der Waals surface area (Å²) in [5.41, 5.74) is -0.701. The van der Waals surface area contributed by atoms with Gasteiger partial charge in [0.15, 0.2) is 6.29 Å². The van der Waals surface area contributed by atoms with Gasteiger partial charge < -0.3 is 49.7 Å². The zero-order valence-electron chi connectivity index (χ0n) is 37.5. The molecule has 63 heavy (non-hydrogen) atoms. The van der Waals surface area contributed by atoms with E-state index in [-0.39, 0.29) is 66.9 Å². The molecule has 3 saturated carbocycles. The van der Waals surface area contributed by atoms with Crippen LogP contribution in [-0.2, 0) is 33.4 Å². The van der Waals surface area contributed by atoms with Gasteiger partial charge >= 0.3 is 5.63 Å². The molecule has 1 saturated heterocycles. The van der Waals surface area contributed by atoms with E-state index in [4.69, 9.17) is 18.6 Å². The highest BCUT2D eigenvalue weighted by Gasteiger charge is 2.67. The summed E-state index contributed by atoms with van der Waals surface area (Å²) in [5, 5.41) is 50.5. The van der Waals surface area contributed by atoms with Crippen LogP contribution < -0.4 is 16.3 Å². The molecule has 16 heteroatoms. The molecule has 6 aliphatic rings. The van der Waals surface area contributed by atoms with Crippen LogP contribution in [0.1, 0.15) is 111 Å². The van der Waals surface area contributed by atoms with Crippen molar-refractivity contribution in [2.24, 2.45) is 33.5 Å². The highest BCUT2D eigenvalue weighted by atomic mass is 16.7. The second-order valence-electron chi connectivity index (χ2n) is 21.1. The molecule has 1 aromatic heterocycles. The number of aliphatic hydroxyl groups is 4. The number of nitrogens with one attached hydrogen (secondary N) is 2. The summed E-state index contributed by atoms with van der Waals surface area (Å²) in [7, 11) is 0. The molecule has 348 valence electrons. The Morgan fingerprint density at radius 3 is 2.30 bits per heavy atom. The van der Waals surface area contributed by atoms with Gasteiger partial charge in [0.2, 0.25) is 11.8 Å². The predicted octanol–water partition coefficient (Wildman–Crippen LogP) is 2.61. The number of ether oxygens (including phenoxy) is 3. The number of nitrogens with zero attached hydrogens (tertiary/aromatic N) is 1. The first-order chi connectivity index (χ1) is 29.6. The predicted molar refractivity (Wildman–Crippen MR) is 227 cm³/mol. The molecule has 7 rings (SSSR count). The van der Waals surface area contributed by atoms with Gasteiger partial charge in [0.05, 0.1) is 37.8 Å². The fourth-order valence-electron chi connectivity index (χ4n) is 11.9. The Kier molecular flexibility index (Phi) is 13.4. The summed E-state index contributed by atoms with van der Waals surface area (Å²) in [6.45, 7) is 11.7. The Hall–Kier alpha value is -3.77. The van der Waals surface area contributed by atoms with E-state index in [1.165, 1.54) is 11.6 Å². The Labute approximate surface area is 368 Å². The molecule has 4 fully saturated rings. The fourth-order valence-corrected chi connectivity index (χ4v) is 11.9. The van der Waals surface area contributed by atoms with Crippen LogP contribution in [0.15, 0.2) is 51.4 Å². The molecule has 1 aromatic rings. The molecule has 0 radical (unpaired) electrons. The van der Waals surface area contributed by atoms with E-state index in [2.05, 4.69) is 30.6 Å². The van der Waals surface area contributed by atoms with Gasteiger partial charge in [-0.1, -0.05) is 53.2 Å². The number of hydrogen-bond acceptors (Lipinski definition) is 13. The minimum Gasteiger partial charge on any atom is -0.431 e. The van der Waals surface area contributed by atoms with Crippen LogP contribution in [0.5, 0.6) is 0 Å². The van der Waals surface area contributed by atoms with Crippen molar-refractivity contribution in [3.8, 4) is 0 Å². The number of imide groups is 1. The first kappa shape index (κ1) is 47.2. The van der Waals surface area contributed by atoms with Crippen molar-refractivity contribution in [1.29, 1.82) is 0 Å². The van der Waals surface area contributed by atoms with E-state index in [0.29, 0.717) is 12.8 Å². The maximum absolute atomic E-state index is 13.6. The van der Waals surface area contributed by atoms with Crippen molar-refractivity contribution in [2.75, 3.05) is 32.9 Å². The third kappa shape index (κ3) is 9.36. The van der Waals surface area contributed by atoms with Crippen molar-refractivity contribution in [1.82, 2.24) is 15.5 Å². The smallest absolute Gasteiger partial charge is 0.335 e. The molecule has 0 spiro atoms. The van der Waals surface area contributed by atoms with Gasteiger partial charge in [-0.05, 0) is 91.6 Å². The molecular formula is C47H67N3O13. The minimum atomic E-state index is -1.49. The molecule has 2 aliphatic heterocycles. The summed E-state index contributed by atoms with van der Waals surface area (Å²) in [4.78, 5) is 62.2. The number of allylic oxidation sites excluding steroid dienone is 1. The number of carbonyl (C=O) groups is 4. The maximum atomic E-state index is 13.6. The topological polar surface area (TPSA) is 234 Å². The molecule has 5 unspecified atom stereocenters. The van der Waals surface area contributed by atoms with Crippen LogP contribution in [0.4, 0.5) is 0 Å². The third-order valence-corrected chi connectivity index (χ3v) is 15.5. The summed E-state index contributed by atoms with van der Waals surface area (Å²) < 4.78 is 23.9. The summed E-state index contributed by atoms with van der Waals surface area (Å²) >= 11 is 0. The minimum absolute atomic E-state index is 0.00611. The highest BCUT2D eigenvalue weighted by molar-refractivity contribution is 6.14. The maximum Gasteiger partial charge on any atom is 0.335 e. The number of carbonyl (C=O) groups excluding carboxylic acids is 4. The van der Waals surface area contributed by atoms with Crippen LogP contribution in [-0.4, -0.2) is 124 Å². The summed E-state index contributed by atoms with van der Waals surface area (Å²) in [6, 6.07) is 2.17. The van der Waals surface area contributed by atoms with Crippen LogP contribution in [0.25, 0.3) is 0 Å². The molecule has 12 atom stereocenters. The molecule has 4 amide bonds. The van der Waals surface area contributed by atoms with E-state index in [0.717, 1.165) is 61.1 Å². The second-order valence-corrected chi connectivity index (χ2v) is 21.1. The number of fused-ring (bicyclic) bond motifs is 5. The van der Waals surface area contributed by atoms with Crippen molar-refractivity contribution in [2.45, 2.75) is 148 Å². The average molecular weight is 882 g/mol. The fraction of sp³-hybridized carbons (Fsp3) is 0.723. The zero-order chi connectivity index (χ0) is 45.7. The van der Waals surface area contributed by atoms with Crippen molar-refractivity contribution < 1.29 is 58.2 Å². The Morgan fingerprint density at radius 1 is 0.905 bits per heavy atom. The average Bonchev–Trinajstić information content (AvgIpc) is 3.69. The van der Waals surface area contributed by atoms with Gasteiger partial charge in [-0.25, -0.2) is 4.79 Å². The summed E-state index contributed by atoms with van der Waals surface area (Å²) in [6.07, 6.45) is 6.65. The first-order valence-corrected chi connectivity index (χ1v) is 22.6. The SMILES string of the molecule is CC(C)(CNC(=O)CN1C(=O)C=CC1=O)COCC(C)(C)CC(=O)NC1C(O)[C@H](O)C(CO)O[C@H]1O[C@@H]1C=C2CCC3C(CC[C@]4(C)[C@@H](c5ccc(=O)oc5)CC[C@]34O)[C@@]2(C)CC1. The Bertz CT molecular complexity index is 1990. The molecular weight excluding hydrogens is 815 g/mol. The van der Waals surface area contributed by atoms with E-state index in [9.17, 15) is 44.4 Å². The molecule has 0 aromatic carbocycles. The van der Waals surface area contributed by atoms with Gasteiger partial charge in [-0.15, -0.1) is 0 Å². The third-order valence-electron chi connectivity index (χ3n) is 15.5. The van der Waals surface area contributed by atoms with Crippen molar-refractivity contribution in [3.63, 3.8) is 0 Å². The lowest BCUT2D eigenvalue weighted by molar-refractivity contribution is -0.279. The second kappa shape index (κ2) is 17.9. The lowest BCUT2D eigenvalue weighted by Crippen LogP contribution is -2.65. The van der Waals surface area contributed by atoms with Gasteiger partial charge in [-0.2, -0.15) is 0 Å². The lowest BCUT2D eigenvalue weighted by Gasteiger charge is -2.62. The van der Waals surface area contributed by atoms with Crippen LogP contribution in [0.2, 0.25) is 0 Å². The number of rotatable bonds is 15. The molecule has 6 N–H and O–H groups in total. The highest BCUT2D eigenvalue weighted by Crippen LogP contribution is 2.70. The monoisotopic (exact) mass is 881 g/mol. The van der Waals surface area contributed by atoms with Crippen molar-refractivity contribution >= 4 is 23.6 Å². The lowest BCUT2D eigenvalue weighted by atomic mass is 9.45. The molecule has 16 nitrogen and oxygen atoms in total. The van der Waals surface area contributed by atoms with Gasteiger partial charge in [-0.3, -0.25) is 24.1 Å². The Morgan fingerprint density at radius 2 is 1.62 bits per heavy atom. The summed E-state index contributed by atoms with van der Waals surface area (Å²) in [5.74, 6) is -1.49. The van der Waals surface area contributed by atoms with E-state index >= 15 is 0 Å².